The van der Waals surface area contributed by atoms with Crippen molar-refractivity contribution in [2.75, 3.05) is 19.8 Å². The number of nitrogens with zero attached hydrogens (tertiary/aromatic N) is 1. The fourth-order valence-electron chi connectivity index (χ4n) is 2.96. The van der Waals surface area contributed by atoms with Gasteiger partial charge < -0.3 is 14.6 Å². The SMILES string of the molecule is CCCC(O)COc1cccc(OCCN2C(=O)c3ccccc3C2=O)c1. The number of hydrogen-bond acceptors (Lipinski definition) is 5. The van der Waals surface area contributed by atoms with Crippen LogP contribution in [0.1, 0.15) is 40.5 Å². The molecule has 27 heavy (non-hydrogen) atoms. The fourth-order valence-corrected chi connectivity index (χ4v) is 2.96. The van der Waals surface area contributed by atoms with Crippen molar-refractivity contribution in [1.82, 2.24) is 4.90 Å². The van der Waals surface area contributed by atoms with Gasteiger partial charge in [0.25, 0.3) is 11.8 Å². The molecule has 0 bridgehead atoms. The highest BCUT2D eigenvalue weighted by molar-refractivity contribution is 6.21. The molecule has 1 N–H and O–H groups in total. The first kappa shape index (κ1) is 18.9. The van der Waals surface area contributed by atoms with E-state index in [1.807, 2.05) is 6.92 Å². The lowest BCUT2D eigenvalue weighted by Gasteiger charge is -2.15. The highest BCUT2D eigenvalue weighted by Gasteiger charge is 2.34. The summed E-state index contributed by atoms with van der Waals surface area (Å²) in [7, 11) is 0. The second kappa shape index (κ2) is 8.68. The minimum absolute atomic E-state index is 0.173. The molecule has 2 amide bonds. The molecular weight excluding hydrogens is 346 g/mol. The maximum atomic E-state index is 12.3. The van der Waals surface area contributed by atoms with Crippen molar-refractivity contribution in [3.8, 4) is 11.5 Å². The molecule has 0 radical (unpaired) electrons. The van der Waals surface area contributed by atoms with Crippen LogP contribution in [0.3, 0.4) is 0 Å². The van der Waals surface area contributed by atoms with E-state index in [0.29, 0.717) is 29.0 Å². The van der Waals surface area contributed by atoms with E-state index >= 15 is 0 Å². The summed E-state index contributed by atoms with van der Waals surface area (Å²) in [4.78, 5) is 25.8. The summed E-state index contributed by atoms with van der Waals surface area (Å²) in [6.07, 6.45) is 1.09. The Balaban J connectivity index is 1.52. The first-order valence-electron chi connectivity index (χ1n) is 9.09. The molecule has 1 atom stereocenters. The number of imide groups is 1. The molecule has 1 aliphatic rings. The van der Waals surface area contributed by atoms with Crippen LogP contribution in [0.4, 0.5) is 0 Å². The lowest BCUT2D eigenvalue weighted by atomic mass is 10.1. The molecule has 2 aromatic rings. The number of benzene rings is 2. The van der Waals surface area contributed by atoms with Crippen LogP contribution in [-0.4, -0.2) is 47.7 Å². The molecular formula is C21H23NO5. The second-order valence-corrected chi connectivity index (χ2v) is 6.38. The third kappa shape index (κ3) is 4.46. The van der Waals surface area contributed by atoms with Crippen LogP contribution >= 0.6 is 0 Å². The number of ether oxygens (including phenoxy) is 2. The Labute approximate surface area is 158 Å². The topological polar surface area (TPSA) is 76.1 Å². The molecule has 0 saturated heterocycles. The van der Waals surface area contributed by atoms with Crippen molar-refractivity contribution >= 4 is 11.8 Å². The average Bonchev–Trinajstić information content (AvgIpc) is 2.92. The van der Waals surface area contributed by atoms with Crippen molar-refractivity contribution < 1.29 is 24.2 Å². The summed E-state index contributed by atoms with van der Waals surface area (Å²) >= 11 is 0. The smallest absolute Gasteiger partial charge is 0.261 e. The van der Waals surface area contributed by atoms with Gasteiger partial charge in [0, 0.05) is 6.07 Å². The Bertz CT molecular complexity index is 785. The summed E-state index contributed by atoms with van der Waals surface area (Å²) in [6, 6.07) is 13.9. The molecule has 0 aliphatic carbocycles. The van der Waals surface area contributed by atoms with Crippen molar-refractivity contribution in [3.63, 3.8) is 0 Å². The zero-order chi connectivity index (χ0) is 19.2. The van der Waals surface area contributed by atoms with E-state index in [1.54, 1.807) is 48.5 Å². The van der Waals surface area contributed by atoms with Gasteiger partial charge in [0.05, 0.1) is 23.8 Å². The summed E-state index contributed by atoms with van der Waals surface area (Å²) in [5.74, 6) is 0.597. The Hall–Kier alpha value is -2.86. The molecule has 1 aliphatic heterocycles. The third-order valence-electron chi connectivity index (χ3n) is 4.33. The Kier molecular flexibility index (Phi) is 6.08. The molecule has 0 saturated carbocycles. The van der Waals surface area contributed by atoms with Gasteiger partial charge in [-0.1, -0.05) is 31.5 Å². The first-order chi connectivity index (χ1) is 13.1. The van der Waals surface area contributed by atoms with E-state index in [9.17, 15) is 14.7 Å². The van der Waals surface area contributed by atoms with Crippen LogP contribution in [0.2, 0.25) is 0 Å². The minimum atomic E-state index is -0.492. The molecule has 0 spiro atoms. The molecule has 1 unspecified atom stereocenters. The van der Waals surface area contributed by atoms with Crippen LogP contribution in [0, 0.1) is 0 Å². The van der Waals surface area contributed by atoms with E-state index in [1.165, 1.54) is 4.90 Å². The van der Waals surface area contributed by atoms with Gasteiger partial charge >= 0.3 is 0 Å². The normalized spacial score (nSPS) is 14.2. The van der Waals surface area contributed by atoms with E-state index < -0.39 is 6.10 Å². The average molecular weight is 369 g/mol. The fraction of sp³-hybridized carbons (Fsp3) is 0.333. The number of amides is 2. The third-order valence-corrected chi connectivity index (χ3v) is 4.33. The number of carbonyl (C=O) groups is 2. The number of aliphatic hydroxyl groups is 1. The summed E-state index contributed by atoms with van der Waals surface area (Å²) < 4.78 is 11.2. The van der Waals surface area contributed by atoms with Crippen LogP contribution in [0.25, 0.3) is 0 Å². The van der Waals surface area contributed by atoms with Gasteiger partial charge in [0.15, 0.2) is 0 Å². The van der Waals surface area contributed by atoms with Crippen LogP contribution in [-0.2, 0) is 0 Å². The standard InChI is InChI=1S/C21H23NO5/c1-2-6-15(23)14-27-17-8-5-7-16(13-17)26-12-11-22-20(24)18-9-3-4-10-19(18)21(22)25/h3-5,7-10,13,15,23H,2,6,11-12,14H2,1H3. The Morgan fingerprint density at radius 1 is 0.963 bits per heavy atom. The molecule has 0 fully saturated rings. The van der Waals surface area contributed by atoms with Crippen molar-refractivity contribution in [3.05, 3.63) is 59.7 Å². The Morgan fingerprint density at radius 2 is 1.59 bits per heavy atom. The van der Waals surface area contributed by atoms with Crippen LogP contribution in [0.15, 0.2) is 48.5 Å². The van der Waals surface area contributed by atoms with Gasteiger partial charge in [-0.05, 0) is 30.7 Å². The van der Waals surface area contributed by atoms with Gasteiger partial charge in [0.2, 0.25) is 0 Å². The van der Waals surface area contributed by atoms with E-state index in [2.05, 4.69) is 0 Å². The predicted octanol–water partition coefficient (Wildman–Crippen LogP) is 2.90. The Morgan fingerprint density at radius 3 is 2.22 bits per heavy atom. The number of hydrogen-bond donors (Lipinski definition) is 1. The molecule has 2 aromatic carbocycles. The molecule has 142 valence electrons. The second-order valence-electron chi connectivity index (χ2n) is 6.38. The highest BCUT2D eigenvalue weighted by Crippen LogP contribution is 2.23. The van der Waals surface area contributed by atoms with Crippen LogP contribution < -0.4 is 9.47 Å². The number of carbonyl (C=O) groups excluding carboxylic acids is 2. The van der Waals surface area contributed by atoms with Gasteiger partial charge in [-0.25, -0.2) is 0 Å². The number of fused-ring (bicyclic) bond motifs is 1. The van der Waals surface area contributed by atoms with Gasteiger partial charge in [-0.15, -0.1) is 0 Å². The summed E-state index contributed by atoms with van der Waals surface area (Å²) in [5.41, 5.74) is 0.868. The lowest BCUT2D eigenvalue weighted by Crippen LogP contribution is -2.33. The zero-order valence-electron chi connectivity index (χ0n) is 15.3. The van der Waals surface area contributed by atoms with Gasteiger partial charge in [0.1, 0.15) is 24.7 Å². The van der Waals surface area contributed by atoms with Gasteiger partial charge in [-0.3, -0.25) is 14.5 Å². The van der Waals surface area contributed by atoms with E-state index in [4.69, 9.17) is 9.47 Å². The molecule has 6 nitrogen and oxygen atoms in total. The largest absolute Gasteiger partial charge is 0.492 e. The predicted molar refractivity (Wildman–Crippen MR) is 100 cm³/mol. The first-order valence-corrected chi connectivity index (χ1v) is 9.09. The highest BCUT2D eigenvalue weighted by atomic mass is 16.5. The minimum Gasteiger partial charge on any atom is -0.492 e. The van der Waals surface area contributed by atoms with Crippen molar-refractivity contribution in [2.24, 2.45) is 0 Å². The summed E-state index contributed by atoms with van der Waals surface area (Å²) in [6.45, 7) is 2.60. The molecule has 1 heterocycles. The summed E-state index contributed by atoms with van der Waals surface area (Å²) in [5, 5.41) is 9.74. The quantitative estimate of drug-likeness (QED) is 0.688. The molecule has 0 aromatic heterocycles. The number of rotatable bonds is 9. The maximum Gasteiger partial charge on any atom is 0.261 e. The zero-order valence-corrected chi connectivity index (χ0v) is 15.3. The molecule has 3 rings (SSSR count). The van der Waals surface area contributed by atoms with E-state index in [-0.39, 0.29) is 31.6 Å². The number of aliphatic hydroxyl groups excluding tert-OH is 1. The van der Waals surface area contributed by atoms with Gasteiger partial charge in [-0.2, -0.15) is 0 Å². The monoisotopic (exact) mass is 369 g/mol. The van der Waals surface area contributed by atoms with E-state index in [0.717, 1.165) is 6.42 Å². The van der Waals surface area contributed by atoms with Crippen molar-refractivity contribution in [1.29, 1.82) is 0 Å². The lowest BCUT2D eigenvalue weighted by molar-refractivity contribution is 0.0631. The van der Waals surface area contributed by atoms with Crippen molar-refractivity contribution in [2.45, 2.75) is 25.9 Å². The maximum absolute atomic E-state index is 12.3. The van der Waals surface area contributed by atoms with Crippen LogP contribution in [0.5, 0.6) is 11.5 Å². The molecule has 6 heteroatoms.